The third-order valence-electron chi connectivity index (χ3n) is 3.87. The van der Waals surface area contributed by atoms with Gasteiger partial charge in [0.25, 0.3) is 5.56 Å². The number of nitrogens with zero attached hydrogens (tertiary/aromatic N) is 3. The molecule has 1 aliphatic rings. The van der Waals surface area contributed by atoms with Crippen LogP contribution in [0.2, 0.25) is 5.02 Å². The van der Waals surface area contributed by atoms with Crippen LogP contribution < -0.4 is 11.2 Å². The lowest BCUT2D eigenvalue weighted by Gasteiger charge is -2.23. The molecule has 24 heavy (non-hydrogen) atoms. The van der Waals surface area contributed by atoms with Gasteiger partial charge in [-0.25, -0.2) is 9.36 Å². The Morgan fingerprint density at radius 1 is 1.21 bits per heavy atom. The highest BCUT2D eigenvalue weighted by Crippen LogP contribution is 2.19. The molecule has 1 aromatic carbocycles. The number of H-pyrrole nitrogens is 1. The molecule has 0 aliphatic carbocycles. The van der Waals surface area contributed by atoms with Crippen LogP contribution in [0.25, 0.3) is 5.69 Å². The van der Waals surface area contributed by atoms with E-state index >= 15 is 0 Å². The van der Waals surface area contributed by atoms with E-state index in [1.165, 1.54) is 12.3 Å². The van der Waals surface area contributed by atoms with Crippen molar-refractivity contribution in [1.82, 2.24) is 14.6 Å². The molecule has 1 saturated heterocycles. The molecule has 1 aromatic heterocycles. The first-order chi connectivity index (χ1) is 11.6. The summed E-state index contributed by atoms with van der Waals surface area (Å²) in [7, 11) is 0. The molecule has 2 N–H and O–H groups in total. The number of hydrogen-bond acceptors (Lipinski definition) is 5. The number of hydrogen-bond donors (Lipinski definition) is 2. The molecular formula is C16H17ClN4O3. The van der Waals surface area contributed by atoms with Crippen LogP contribution >= 0.6 is 11.6 Å². The summed E-state index contributed by atoms with van der Waals surface area (Å²) in [6, 6.07) is 6.43. The Bertz CT molecular complexity index is 882. The number of benzene rings is 1. The minimum Gasteiger partial charge on any atom is -0.493 e. The van der Waals surface area contributed by atoms with E-state index in [0.717, 1.165) is 36.9 Å². The van der Waals surface area contributed by atoms with Gasteiger partial charge in [-0.1, -0.05) is 17.7 Å². The molecule has 0 unspecified atom stereocenters. The number of aromatic nitrogens is 2. The van der Waals surface area contributed by atoms with Crippen molar-refractivity contribution < 1.29 is 5.11 Å². The molecule has 2 aromatic rings. The Morgan fingerprint density at radius 2 is 1.96 bits per heavy atom. The first kappa shape index (κ1) is 16.3. The monoisotopic (exact) mass is 348 g/mol. The summed E-state index contributed by atoms with van der Waals surface area (Å²) in [5.41, 5.74) is -1.14. The highest BCUT2D eigenvalue weighted by atomic mass is 35.5. The zero-order valence-electron chi connectivity index (χ0n) is 12.9. The van der Waals surface area contributed by atoms with Crippen molar-refractivity contribution in [3.05, 3.63) is 55.7 Å². The third kappa shape index (κ3) is 3.35. The van der Waals surface area contributed by atoms with Crippen LogP contribution in [0, 0.1) is 0 Å². The van der Waals surface area contributed by atoms with Crippen LogP contribution in [-0.2, 0) is 0 Å². The second kappa shape index (κ2) is 6.92. The van der Waals surface area contributed by atoms with E-state index in [9.17, 15) is 14.7 Å². The van der Waals surface area contributed by atoms with Gasteiger partial charge < -0.3 is 5.11 Å². The summed E-state index contributed by atoms with van der Waals surface area (Å²) in [6.45, 7) is 1.62. The molecule has 3 rings (SSSR count). The zero-order valence-corrected chi connectivity index (χ0v) is 13.7. The average molecular weight is 349 g/mol. The van der Waals surface area contributed by atoms with E-state index in [2.05, 4.69) is 10.1 Å². The van der Waals surface area contributed by atoms with E-state index in [0.29, 0.717) is 10.7 Å². The van der Waals surface area contributed by atoms with Gasteiger partial charge in [0.1, 0.15) is 5.56 Å². The van der Waals surface area contributed by atoms with Gasteiger partial charge in [-0.3, -0.25) is 14.8 Å². The van der Waals surface area contributed by atoms with Crippen molar-refractivity contribution in [2.24, 2.45) is 5.10 Å². The van der Waals surface area contributed by atoms with E-state index < -0.39 is 17.1 Å². The van der Waals surface area contributed by atoms with Gasteiger partial charge in [0.2, 0.25) is 5.88 Å². The first-order valence-corrected chi connectivity index (χ1v) is 8.07. The Labute approximate surface area is 142 Å². The van der Waals surface area contributed by atoms with Crippen molar-refractivity contribution in [2.45, 2.75) is 19.3 Å². The molecule has 8 heteroatoms. The molecule has 0 bridgehead atoms. The SMILES string of the molecule is O=c1[nH]c(=O)n(-c2cccc(Cl)c2)c(O)c1C=NN1CCCCC1. The number of halogens is 1. The number of nitrogens with one attached hydrogen (secondary N) is 1. The minimum atomic E-state index is -0.741. The molecule has 1 aliphatic heterocycles. The Balaban J connectivity index is 2.04. The van der Waals surface area contributed by atoms with Crippen LogP contribution in [0.3, 0.4) is 0 Å². The van der Waals surface area contributed by atoms with Crippen molar-refractivity contribution >= 4 is 17.8 Å². The fourth-order valence-corrected chi connectivity index (χ4v) is 2.83. The number of aromatic amines is 1. The molecule has 1 fully saturated rings. The molecule has 7 nitrogen and oxygen atoms in total. The third-order valence-corrected chi connectivity index (χ3v) is 4.10. The van der Waals surface area contributed by atoms with Crippen molar-refractivity contribution in [2.75, 3.05) is 13.1 Å². The van der Waals surface area contributed by atoms with Gasteiger partial charge in [0.15, 0.2) is 0 Å². The summed E-state index contributed by atoms with van der Waals surface area (Å²) in [5, 5.41) is 16.9. The van der Waals surface area contributed by atoms with Crippen molar-refractivity contribution in [3.8, 4) is 11.6 Å². The molecule has 0 atom stereocenters. The Hall–Kier alpha value is -2.54. The zero-order chi connectivity index (χ0) is 17.1. The lowest BCUT2D eigenvalue weighted by molar-refractivity contribution is 0.240. The smallest absolute Gasteiger partial charge is 0.335 e. The summed E-state index contributed by atoms with van der Waals surface area (Å²) in [5.74, 6) is -0.466. The van der Waals surface area contributed by atoms with E-state index in [1.807, 2.05) is 5.01 Å². The summed E-state index contributed by atoms with van der Waals surface area (Å²) < 4.78 is 0.991. The van der Waals surface area contributed by atoms with E-state index in [-0.39, 0.29) is 5.56 Å². The average Bonchev–Trinajstić information content (AvgIpc) is 2.55. The number of hydrazone groups is 1. The van der Waals surface area contributed by atoms with Crippen LogP contribution in [0.5, 0.6) is 5.88 Å². The van der Waals surface area contributed by atoms with Gasteiger partial charge in [-0.2, -0.15) is 5.10 Å². The van der Waals surface area contributed by atoms with Crippen LogP contribution in [0.1, 0.15) is 24.8 Å². The normalized spacial score (nSPS) is 15.1. The Kier molecular flexibility index (Phi) is 4.71. The molecule has 2 heterocycles. The molecule has 0 amide bonds. The molecule has 126 valence electrons. The number of piperidine rings is 1. The van der Waals surface area contributed by atoms with Crippen LogP contribution in [0.15, 0.2) is 39.0 Å². The lowest BCUT2D eigenvalue weighted by Crippen LogP contribution is -2.32. The predicted molar refractivity (Wildman–Crippen MR) is 92.4 cm³/mol. The number of aromatic hydroxyl groups is 1. The van der Waals surface area contributed by atoms with Gasteiger partial charge in [-0.05, 0) is 37.5 Å². The second-order valence-corrected chi connectivity index (χ2v) is 6.01. The van der Waals surface area contributed by atoms with Gasteiger partial charge in [-0.15, -0.1) is 0 Å². The lowest BCUT2D eigenvalue weighted by atomic mass is 10.2. The van der Waals surface area contributed by atoms with Gasteiger partial charge >= 0.3 is 5.69 Å². The maximum atomic E-state index is 12.1. The number of rotatable bonds is 3. The van der Waals surface area contributed by atoms with E-state index in [1.54, 1.807) is 18.2 Å². The van der Waals surface area contributed by atoms with Crippen molar-refractivity contribution in [3.63, 3.8) is 0 Å². The molecule has 0 saturated carbocycles. The fourth-order valence-electron chi connectivity index (χ4n) is 2.64. The van der Waals surface area contributed by atoms with Crippen LogP contribution in [-0.4, -0.2) is 39.0 Å². The minimum absolute atomic E-state index is 0.0693. The predicted octanol–water partition coefficient (Wildman–Crippen LogP) is 1.70. The van der Waals surface area contributed by atoms with Crippen molar-refractivity contribution in [1.29, 1.82) is 0 Å². The van der Waals surface area contributed by atoms with Gasteiger partial charge in [0.05, 0.1) is 11.9 Å². The highest BCUT2D eigenvalue weighted by molar-refractivity contribution is 6.30. The molecule has 0 radical (unpaired) electrons. The largest absolute Gasteiger partial charge is 0.493 e. The quantitative estimate of drug-likeness (QED) is 0.826. The Morgan fingerprint density at radius 3 is 2.67 bits per heavy atom. The fraction of sp³-hybridized carbons (Fsp3) is 0.312. The second-order valence-electron chi connectivity index (χ2n) is 5.57. The standard InChI is InChI=1S/C16H17ClN4O3/c17-11-5-4-6-12(9-11)21-15(23)13(14(22)19-16(21)24)10-18-20-7-2-1-3-8-20/h4-6,9-10,23H,1-3,7-8H2,(H,19,22,24). The first-order valence-electron chi connectivity index (χ1n) is 7.69. The topological polar surface area (TPSA) is 90.7 Å². The maximum absolute atomic E-state index is 12.1. The maximum Gasteiger partial charge on any atom is 0.335 e. The molecular weight excluding hydrogens is 332 g/mol. The molecule has 0 spiro atoms. The van der Waals surface area contributed by atoms with E-state index in [4.69, 9.17) is 11.6 Å². The van der Waals surface area contributed by atoms with Gasteiger partial charge in [0, 0.05) is 18.1 Å². The highest BCUT2D eigenvalue weighted by Gasteiger charge is 2.15. The summed E-state index contributed by atoms with van der Waals surface area (Å²) in [6.07, 6.45) is 4.54. The summed E-state index contributed by atoms with van der Waals surface area (Å²) >= 11 is 5.93. The van der Waals surface area contributed by atoms with Crippen LogP contribution in [0.4, 0.5) is 0 Å². The summed E-state index contributed by atoms with van der Waals surface area (Å²) in [4.78, 5) is 26.3.